The van der Waals surface area contributed by atoms with E-state index in [-0.39, 0.29) is 0 Å². The number of carbonyl (C=O) groups excluding carboxylic acids is 1. The fourth-order valence-electron chi connectivity index (χ4n) is 0.687. The highest BCUT2D eigenvalue weighted by molar-refractivity contribution is 6.64. The van der Waals surface area contributed by atoms with Crippen LogP contribution in [0.1, 0.15) is 6.92 Å². The van der Waals surface area contributed by atoms with Crippen molar-refractivity contribution >= 4 is 19.6 Å². The minimum atomic E-state index is -1.05. The van der Waals surface area contributed by atoms with Crippen molar-refractivity contribution in [2.24, 2.45) is 0 Å². The summed E-state index contributed by atoms with van der Waals surface area (Å²) in [4.78, 5) is 20.4. The Hall–Kier alpha value is -0.875. The molecule has 2 atom stereocenters. The fraction of sp³-hybridized carbons (Fsp3) is 0.667. The number of rotatable bonds is 6. The standard InChI is InChI=1S/C6H11BNO4/c1-4(12-2)5(6(10)11)8-7-3-9/h3-5,8H,1-2H3,(H,10,11)/t4-,5+/m1/s1. The lowest BCUT2D eigenvalue weighted by atomic mass is 9.95. The van der Waals surface area contributed by atoms with E-state index >= 15 is 0 Å². The molecule has 0 aromatic rings. The summed E-state index contributed by atoms with van der Waals surface area (Å²) in [6.45, 7) is 1.60. The van der Waals surface area contributed by atoms with Crippen molar-refractivity contribution in [2.75, 3.05) is 7.11 Å². The highest BCUT2D eigenvalue weighted by atomic mass is 16.5. The summed E-state index contributed by atoms with van der Waals surface area (Å²) in [5, 5.41) is 11.0. The smallest absolute Gasteiger partial charge is 0.322 e. The molecule has 0 rings (SSSR count). The molecule has 0 unspecified atom stereocenters. The van der Waals surface area contributed by atoms with Gasteiger partial charge >= 0.3 is 5.97 Å². The van der Waals surface area contributed by atoms with Gasteiger partial charge in [0, 0.05) is 7.11 Å². The first-order chi connectivity index (χ1) is 5.63. The molecule has 67 valence electrons. The van der Waals surface area contributed by atoms with Gasteiger partial charge < -0.3 is 19.9 Å². The van der Waals surface area contributed by atoms with Gasteiger partial charge in [0.1, 0.15) is 6.04 Å². The summed E-state index contributed by atoms with van der Waals surface area (Å²) in [6, 6.07) is -0.889. The van der Waals surface area contributed by atoms with E-state index in [0.29, 0.717) is 6.19 Å². The van der Waals surface area contributed by atoms with Crippen molar-refractivity contribution in [3.63, 3.8) is 0 Å². The second kappa shape index (κ2) is 5.73. The van der Waals surface area contributed by atoms with Crippen molar-refractivity contribution in [3.8, 4) is 0 Å². The first-order valence-electron chi connectivity index (χ1n) is 3.42. The number of hydrogen-bond acceptors (Lipinski definition) is 4. The second-order valence-corrected chi connectivity index (χ2v) is 2.23. The topological polar surface area (TPSA) is 75.6 Å². The number of nitrogens with one attached hydrogen (secondary N) is 1. The van der Waals surface area contributed by atoms with Crippen LogP contribution in [0.15, 0.2) is 0 Å². The van der Waals surface area contributed by atoms with Gasteiger partial charge in [-0.25, -0.2) is 0 Å². The molecule has 5 nitrogen and oxygen atoms in total. The third-order valence-electron chi connectivity index (χ3n) is 1.45. The predicted molar refractivity (Wildman–Crippen MR) is 43.5 cm³/mol. The molecule has 0 aliphatic heterocycles. The summed E-state index contributed by atoms with van der Waals surface area (Å²) in [6.07, 6.45) is -0.00287. The summed E-state index contributed by atoms with van der Waals surface area (Å²) in [7, 11) is 2.44. The Labute approximate surface area is 71.4 Å². The molecule has 0 aliphatic rings. The lowest BCUT2D eigenvalue weighted by molar-refractivity contribution is -0.142. The van der Waals surface area contributed by atoms with Gasteiger partial charge in [-0.15, -0.1) is 0 Å². The first-order valence-corrected chi connectivity index (χ1v) is 3.42. The maximum Gasteiger partial charge on any atom is 0.322 e. The molecule has 0 fully saturated rings. The zero-order valence-corrected chi connectivity index (χ0v) is 6.98. The number of methoxy groups -OCH3 is 1. The van der Waals surface area contributed by atoms with E-state index < -0.39 is 18.1 Å². The molecule has 0 amide bonds. The Bertz CT molecular complexity index is 164. The van der Waals surface area contributed by atoms with Gasteiger partial charge in [-0.05, 0) is 6.92 Å². The molecule has 0 spiro atoms. The predicted octanol–water partition coefficient (Wildman–Crippen LogP) is -1.13. The summed E-state index contributed by atoms with van der Waals surface area (Å²) >= 11 is 0. The third kappa shape index (κ3) is 3.50. The minimum Gasteiger partial charge on any atom is -0.480 e. The molecule has 0 heterocycles. The number of carbonyl (C=O) groups is 2. The lowest BCUT2D eigenvalue weighted by Crippen LogP contribution is -2.47. The minimum absolute atomic E-state index is 0.484. The van der Waals surface area contributed by atoms with E-state index in [1.807, 2.05) is 0 Å². The molecule has 12 heavy (non-hydrogen) atoms. The maximum absolute atomic E-state index is 10.5. The Morgan fingerprint density at radius 2 is 2.33 bits per heavy atom. The van der Waals surface area contributed by atoms with Crippen LogP contribution < -0.4 is 5.23 Å². The van der Waals surface area contributed by atoms with Crippen LogP contribution in [0.25, 0.3) is 0 Å². The molecule has 1 radical (unpaired) electrons. The van der Waals surface area contributed by atoms with Crippen LogP contribution in [0, 0.1) is 0 Å². The summed E-state index contributed by atoms with van der Waals surface area (Å²) < 4.78 is 4.79. The highest BCUT2D eigenvalue weighted by Gasteiger charge is 2.23. The Morgan fingerprint density at radius 1 is 1.75 bits per heavy atom. The SMILES string of the molecule is CO[C@H](C)[C@H](N[B]C=O)C(=O)O. The van der Waals surface area contributed by atoms with Gasteiger partial charge in [-0.1, -0.05) is 0 Å². The van der Waals surface area contributed by atoms with Crippen LogP contribution in [0.4, 0.5) is 0 Å². The van der Waals surface area contributed by atoms with Crippen molar-refractivity contribution in [1.29, 1.82) is 0 Å². The van der Waals surface area contributed by atoms with Gasteiger partial charge in [0.2, 0.25) is 0 Å². The van der Waals surface area contributed by atoms with Crippen LogP contribution in [-0.2, 0) is 14.3 Å². The third-order valence-corrected chi connectivity index (χ3v) is 1.45. The van der Waals surface area contributed by atoms with Gasteiger partial charge in [0.25, 0.3) is 7.41 Å². The van der Waals surface area contributed by atoms with Crippen molar-refractivity contribution in [2.45, 2.75) is 19.1 Å². The van der Waals surface area contributed by atoms with Crippen molar-refractivity contribution < 1.29 is 19.4 Å². The number of aliphatic carboxylic acids is 1. The van der Waals surface area contributed by atoms with Gasteiger partial charge in [0.15, 0.2) is 0 Å². The van der Waals surface area contributed by atoms with Crippen LogP contribution in [-0.4, -0.2) is 43.9 Å². The zero-order chi connectivity index (χ0) is 9.56. The Morgan fingerprint density at radius 3 is 2.67 bits per heavy atom. The molecule has 0 saturated heterocycles. The average molecular weight is 172 g/mol. The van der Waals surface area contributed by atoms with Crippen molar-refractivity contribution in [1.82, 2.24) is 5.23 Å². The number of carboxylic acid groups (broad SMARTS) is 1. The molecule has 0 aromatic heterocycles. The molecule has 2 N–H and O–H groups in total. The van der Waals surface area contributed by atoms with Gasteiger partial charge in [-0.3, -0.25) is 4.79 Å². The Balaban J connectivity index is 4.02. The maximum atomic E-state index is 10.5. The van der Waals surface area contributed by atoms with E-state index in [1.165, 1.54) is 7.11 Å². The molecular formula is C6H11BNO4. The van der Waals surface area contributed by atoms with E-state index in [9.17, 15) is 9.59 Å². The summed E-state index contributed by atoms with van der Waals surface area (Å²) in [5.41, 5.74) is 0. The number of carboxylic acids is 1. The van der Waals surface area contributed by atoms with Crippen LogP contribution in [0.2, 0.25) is 0 Å². The molecular weight excluding hydrogens is 161 g/mol. The molecule has 0 saturated carbocycles. The van der Waals surface area contributed by atoms with Gasteiger partial charge in [0.05, 0.1) is 12.3 Å². The monoisotopic (exact) mass is 172 g/mol. The van der Waals surface area contributed by atoms with E-state index in [1.54, 1.807) is 6.92 Å². The van der Waals surface area contributed by atoms with E-state index in [4.69, 9.17) is 9.84 Å². The fourth-order valence-corrected chi connectivity index (χ4v) is 0.687. The number of ether oxygens (including phenoxy) is 1. The Kier molecular flexibility index (Phi) is 5.32. The largest absolute Gasteiger partial charge is 0.480 e. The average Bonchev–Trinajstić information content (AvgIpc) is 2.04. The molecule has 0 bridgehead atoms. The normalized spacial score (nSPS) is 14.8. The van der Waals surface area contributed by atoms with Crippen LogP contribution in [0.5, 0.6) is 0 Å². The van der Waals surface area contributed by atoms with Crippen molar-refractivity contribution in [3.05, 3.63) is 0 Å². The van der Waals surface area contributed by atoms with E-state index in [2.05, 4.69) is 5.23 Å². The molecule has 0 aliphatic carbocycles. The summed E-state index contributed by atoms with van der Waals surface area (Å²) in [5.74, 6) is -1.05. The highest BCUT2D eigenvalue weighted by Crippen LogP contribution is 1.96. The van der Waals surface area contributed by atoms with E-state index in [0.717, 1.165) is 7.41 Å². The number of hydrogen-bond donors (Lipinski definition) is 2. The quantitative estimate of drug-likeness (QED) is 0.391. The first kappa shape index (κ1) is 11.1. The van der Waals surface area contributed by atoms with Crippen LogP contribution in [0.3, 0.4) is 0 Å². The lowest BCUT2D eigenvalue weighted by Gasteiger charge is -2.18. The zero-order valence-electron chi connectivity index (χ0n) is 6.98. The molecule has 6 heteroatoms. The second-order valence-electron chi connectivity index (χ2n) is 2.23. The van der Waals surface area contributed by atoms with Gasteiger partial charge in [-0.2, -0.15) is 0 Å². The van der Waals surface area contributed by atoms with Crippen LogP contribution >= 0.6 is 0 Å². The molecule has 0 aromatic carbocycles.